The second-order valence-electron chi connectivity index (χ2n) is 2.65. The van der Waals surface area contributed by atoms with Crippen molar-refractivity contribution in [3.63, 3.8) is 0 Å². The highest BCUT2D eigenvalue weighted by Crippen LogP contribution is 2.29. The molecule has 12 heavy (non-hydrogen) atoms. The first kappa shape index (κ1) is 7.62. The van der Waals surface area contributed by atoms with Gasteiger partial charge in [-0.3, -0.25) is 4.79 Å². The van der Waals surface area contributed by atoms with Crippen molar-refractivity contribution in [1.82, 2.24) is 0 Å². The molecule has 0 amide bonds. The van der Waals surface area contributed by atoms with Crippen LogP contribution in [0.5, 0.6) is 0 Å². The van der Waals surface area contributed by atoms with E-state index in [1.165, 1.54) is 0 Å². The Kier molecular flexibility index (Phi) is 1.77. The third kappa shape index (κ3) is 1.08. The highest BCUT2D eigenvalue weighted by Gasteiger charge is 2.18. The molecule has 2 aliphatic rings. The Labute approximate surface area is 75.5 Å². The molecule has 60 valence electrons. The van der Waals surface area contributed by atoms with Gasteiger partial charge in [0, 0.05) is 10.5 Å². The predicted octanol–water partition coefficient (Wildman–Crippen LogP) is 2.24. The van der Waals surface area contributed by atoms with Gasteiger partial charge in [0.1, 0.15) is 0 Å². The van der Waals surface area contributed by atoms with Gasteiger partial charge in [-0.25, -0.2) is 0 Å². The molecule has 2 aliphatic carbocycles. The first-order valence-electron chi connectivity index (χ1n) is 3.72. The Hall–Kier alpha value is -1.02. The van der Waals surface area contributed by atoms with Crippen LogP contribution in [0, 0.1) is 0 Å². The highest BCUT2D eigenvalue weighted by atomic mass is 32.2. The number of fused-ring (bicyclic) bond motifs is 1. The Bertz CT molecular complexity index is 356. The Morgan fingerprint density at radius 2 is 2.17 bits per heavy atom. The maximum Gasteiger partial charge on any atom is 0.187 e. The SMILES string of the molecule is CSC1=CC(=O)C2=CC=CC2=C1. The summed E-state index contributed by atoms with van der Waals surface area (Å²) >= 11 is 1.60. The Morgan fingerprint density at radius 1 is 1.33 bits per heavy atom. The molecule has 2 rings (SSSR count). The maximum absolute atomic E-state index is 11.4. The van der Waals surface area contributed by atoms with Crippen LogP contribution in [0.2, 0.25) is 0 Å². The van der Waals surface area contributed by atoms with Gasteiger partial charge in [-0.2, -0.15) is 0 Å². The average molecular weight is 176 g/mol. The minimum atomic E-state index is 0.127. The van der Waals surface area contributed by atoms with Crippen LogP contribution in [0.25, 0.3) is 0 Å². The van der Waals surface area contributed by atoms with Crippen molar-refractivity contribution in [2.24, 2.45) is 0 Å². The van der Waals surface area contributed by atoms with E-state index in [1.807, 2.05) is 30.6 Å². The van der Waals surface area contributed by atoms with Gasteiger partial charge in [-0.15, -0.1) is 11.8 Å². The van der Waals surface area contributed by atoms with Crippen molar-refractivity contribution in [3.05, 3.63) is 46.4 Å². The Morgan fingerprint density at radius 3 is 2.92 bits per heavy atom. The van der Waals surface area contributed by atoms with Crippen LogP contribution in [-0.2, 0) is 4.79 Å². The monoisotopic (exact) mass is 176 g/mol. The van der Waals surface area contributed by atoms with Gasteiger partial charge < -0.3 is 0 Å². The molecule has 0 radical (unpaired) electrons. The van der Waals surface area contributed by atoms with Crippen LogP contribution < -0.4 is 0 Å². The van der Waals surface area contributed by atoms with Crippen molar-refractivity contribution < 1.29 is 4.79 Å². The van der Waals surface area contributed by atoms with Crippen molar-refractivity contribution in [2.75, 3.05) is 6.26 Å². The lowest BCUT2D eigenvalue weighted by Gasteiger charge is -2.08. The van der Waals surface area contributed by atoms with E-state index in [1.54, 1.807) is 17.8 Å². The number of hydrogen-bond donors (Lipinski definition) is 0. The summed E-state index contributed by atoms with van der Waals surface area (Å²) in [4.78, 5) is 12.4. The van der Waals surface area contributed by atoms with Crippen LogP contribution >= 0.6 is 11.8 Å². The van der Waals surface area contributed by atoms with Gasteiger partial charge in [0.2, 0.25) is 0 Å². The van der Waals surface area contributed by atoms with E-state index in [0.717, 1.165) is 16.1 Å². The summed E-state index contributed by atoms with van der Waals surface area (Å²) in [7, 11) is 0. The van der Waals surface area contributed by atoms with Gasteiger partial charge in [0.15, 0.2) is 5.78 Å². The van der Waals surface area contributed by atoms with Crippen molar-refractivity contribution in [1.29, 1.82) is 0 Å². The van der Waals surface area contributed by atoms with E-state index in [0.29, 0.717) is 0 Å². The van der Waals surface area contributed by atoms with Gasteiger partial charge in [-0.05, 0) is 24.0 Å². The van der Waals surface area contributed by atoms with Crippen LogP contribution in [0.4, 0.5) is 0 Å². The summed E-state index contributed by atoms with van der Waals surface area (Å²) in [6.07, 6.45) is 11.5. The predicted molar refractivity (Wildman–Crippen MR) is 51.9 cm³/mol. The molecule has 0 spiro atoms. The molecular weight excluding hydrogens is 168 g/mol. The molecule has 0 atom stereocenters. The van der Waals surface area contributed by atoms with Crippen molar-refractivity contribution >= 4 is 17.5 Å². The molecule has 1 nitrogen and oxygen atoms in total. The standard InChI is InChI=1S/C10H8OS/c1-12-8-5-7-3-2-4-9(7)10(11)6-8/h2-6H,1H3. The molecule has 0 saturated heterocycles. The lowest BCUT2D eigenvalue weighted by molar-refractivity contribution is -0.111. The minimum Gasteiger partial charge on any atom is -0.289 e. The zero-order valence-electron chi connectivity index (χ0n) is 6.70. The molecule has 0 aromatic carbocycles. The smallest absolute Gasteiger partial charge is 0.187 e. The van der Waals surface area contributed by atoms with E-state index in [9.17, 15) is 4.79 Å². The topological polar surface area (TPSA) is 17.1 Å². The number of carbonyl (C=O) groups excluding carboxylic acids is 1. The number of hydrogen-bond acceptors (Lipinski definition) is 2. The van der Waals surface area contributed by atoms with E-state index in [2.05, 4.69) is 0 Å². The molecule has 0 N–H and O–H groups in total. The van der Waals surface area contributed by atoms with Crippen LogP contribution in [0.15, 0.2) is 46.4 Å². The summed E-state index contributed by atoms with van der Waals surface area (Å²) in [5.41, 5.74) is 1.87. The number of allylic oxidation sites excluding steroid dienone is 7. The quantitative estimate of drug-likeness (QED) is 0.609. The molecule has 0 aromatic heterocycles. The largest absolute Gasteiger partial charge is 0.289 e. The molecule has 2 heteroatoms. The molecule has 0 bridgehead atoms. The van der Waals surface area contributed by atoms with Gasteiger partial charge >= 0.3 is 0 Å². The summed E-state index contributed by atoms with van der Waals surface area (Å²) in [5.74, 6) is 0.127. The first-order valence-corrected chi connectivity index (χ1v) is 4.94. The summed E-state index contributed by atoms with van der Waals surface area (Å²) < 4.78 is 0. The maximum atomic E-state index is 11.4. The van der Waals surface area contributed by atoms with Crippen LogP contribution in [0.1, 0.15) is 0 Å². The van der Waals surface area contributed by atoms with Gasteiger partial charge in [0.05, 0.1) is 0 Å². The molecule has 0 unspecified atom stereocenters. The van der Waals surface area contributed by atoms with Crippen LogP contribution in [0.3, 0.4) is 0 Å². The summed E-state index contributed by atoms with van der Waals surface area (Å²) in [6.45, 7) is 0. The highest BCUT2D eigenvalue weighted by molar-refractivity contribution is 8.02. The van der Waals surface area contributed by atoms with E-state index in [-0.39, 0.29) is 5.78 Å². The molecular formula is C10H8OS. The fourth-order valence-electron chi connectivity index (χ4n) is 1.30. The van der Waals surface area contributed by atoms with E-state index in [4.69, 9.17) is 0 Å². The molecule has 0 aliphatic heterocycles. The first-order chi connectivity index (χ1) is 5.81. The van der Waals surface area contributed by atoms with Crippen molar-refractivity contribution in [2.45, 2.75) is 0 Å². The number of carbonyl (C=O) groups is 1. The van der Waals surface area contributed by atoms with Gasteiger partial charge in [0.25, 0.3) is 0 Å². The second kappa shape index (κ2) is 2.79. The number of thioether (sulfide) groups is 1. The number of rotatable bonds is 1. The average Bonchev–Trinajstić information content (AvgIpc) is 2.52. The lowest BCUT2D eigenvalue weighted by atomic mass is 10.0. The lowest BCUT2D eigenvalue weighted by Crippen LogP contribution is -2.03. The zero-order valence-corrected chi connectivity index (χ0v) is 7.52. The third-order valence-corrected chi connectivity index (χ3v) is 2.63. The zero-order chi connectivity index (χ0) is 8.55. The van der Waals surface area contributed by atoms with E-state index < -0.39 is 0 Å². The number of ketones is 1. The van der Waals surface area contributed by atoms with E-state index >= 15 is 0 Å². The fourth-order valence-corrected chi connectivity index (χ4v) is 1.77. The summed E-state index contributed by atoms with van der Waals surface area (Å²) in [6, 6.07) is 0. The Balaban J connectivity index is 2.45. The summed E-state index contributed by atoms with van der Waals surface area (Å²) in [5, 5.41) is 0. The fraction of sp³-hybridized carbons (Fsp3) is 0.100. The second-order valence-corrected chi connectivity index (χ2v) is 3.53. The molecule has 0 fully saturated rings. The minimum absolute atomic E-state index is 0.127. The normalized spacial score (nSPS) is 20.1. The van der Waals surface area contributed by atoms with Crippen molar-refractivity contribution in [3.8, 4) is 0 Å². The van der Waals surface area contributed by atoms with Gasteiger partial charge in [-0.1, -0.05) is 18.2 Å². The molecule has 0 heterocycles. The molecule has 0 aromatic rings. The third-order valence-electron chi connectivity index (χ3n) is 1.92. The van der Waals surface area contributed by atoms with Crippen LogP contribution in [-0.4, -0.2) is 12.0 Å². The molecule has 0 saturated carbocycles.